The SMILES string of the molecule is CCOCCOCCOCCOCCOCCOCCOCCOCCNC(=O)CCCCCN(C=O)CO. The molecule has 0 aromatic rings. The van der Waals surface area contributed by atoms with E-state index < -0.39 is 0 Å². The van der Waals surface area contributed by atoms with Gasteiger partial charge in [-0.15, -0.1) is 0 Å². The molecule has 39 heavy (non-hydrogen) atoms. The van der Waals surface area contributed by atoms with E-state index in [4.69, 9.17) is 43.0 Å². The fraction of sp³-hybridized carbons (Fsp3) is 0.923. The van der Waals surface area contributed by atoms with E-state index in [-0.39, 0.29) is 12.6 Å². The summed E-state index contributed by atoms with van der Waals surface area (Å²) in [4.78, 5) is 23.6. The van der Waals surface area contributed by atoms with Crippen molar-refractivity contribution >= 4 is 12.3 Å². The Kier molecular flexibility index (Phi) is 31.6. The first-order chi connectivity index (χ1) is 19.2. The maximum absolute atomic E-state index is 11.7. The Morgan fingerprint density at radius 3 is 1.44 bits per heavy atom. The van der Waals surface area contributed by atoms with Crippen molar-refractivity contribution in [1.82, 2.24) is 10.2 Å². The second-order valence-electron chi connectivity index (χ2n) is 8.20. The molecule has 0 unspecified atom stereocenters. The normalized spacial score (nSPS) is 11.1. The molecule has 13 nitrogen and oxygen atoms in total. The van der Waals surface area contributed by atoms with E-state index in [0.29, 0.717) is 132 Å². The van der Waals surface area contributed by atoms with E-state index in [0.717, 1.165) is 19.3 Å². The molecule has 0 saturated carbocycles. The molecule has 0 heterocycles. The molecule has 2 N–H and O–H groups in total. The van der Waals surface area contributed by atoms with Crippen molar-refractivity contribution in [1.29, 1.82) is 0 Å². The van der Waals surface area contributed by atoms with E-state index in [2.05, 4.69) is 5.32 Å². The van der Waals surface area contributed by atoms with Crippen LogP contribution in [0.2, 0.25) is 0 Å². The van der Waals surface area contributed by atoms with Crippen LogP contribution in [-0.2, 0) is 47.5 Å². The molecule has 0 aliphatic carbocycles. The monoisotopic (exact) mass is 568 g/mol. The minimum Gasteiger partial charge on any atom is -0.379 e. The number of hydrogen-bond acceptors (Lipinski definition) is 11. The van der Waals surface area contributed by atoms with Crippen LogP contribution in [0.3, 0.4) is 0 Å². The summed E-state index contributed by atoms with van der Waals surface area (Å²) in [7, 11) is 0. The first-order valence-electron chi connectivity index (χ1n) is 13.9. The van der Waals surface area contributed by atoms with Crippen molar-refractivity contribution in [2.24, 2.45) is 0 Å². The Bertz CT molecular complexity index is 518. The Labute approximate surface area is 233 Å². The molecule has 2 amide bonds. The minimum atomic E-state index is -0.276. The average Bonchev–Trinajstić information content (AvgIpc) is 2.95. The zero-order chi connectivity index (χ0) is 28.5. The molecule has 0 rings (SSSR count). The van der Waals surface area contributed by atoms with Crippen LogP contribution in [0.1, 0.15) is 32.6 Å². The van der Waals surface area contributed by atoms with E-state index in [1.165, 1.54) is 4.90 Å². The minimum absolute atomic E-state index is 0.0192. The lowest BCUT2D eigenvalue weighted by molar-refractivity contribution is -0.122. The molecule has 0 fully saturated rings. The Morgan fingerprint density at radius 1 is 0.641 bits per heavy atom. The molecule has 232 valence electrons. The van der Waals surface area contributed by atoms with Crippen molar-refractivity contribution in [2.45, 2.75) is 32.6 Å². The van der Waals surface area contributed by atoms with Crippen LogP contribution in [0.15, 0.2) is 0 Å². The lowest BCUT2D eigenvalue weighted by Crippen LogP contribution is -2.27. The highest BCUT2D eigenvalue weighted by molar-refractivity contribution is 5.75. The predicted octanol–water partition coefficient (Wildman–Crippen LogP) is 0.224. The van der Waals surface area contributed by atoms with E-state index in [1.807, 2.05) is 6.92 Å². The van der Waals surface area contributed by atoms with Crippen molar-refractivity contribution in [3.05, 3.63) is 0 Å². The van der Waals surface area contributed by atoms with Crippen LogP contribution in [0.5, 0.6) is 0 Å². The largest absolute Gasteiger partial charge is 0.379 e. The van der Waals surface area contributed by atoms with Gasteiger partial charge < -0.3 is 53.2 Å². The summed E-state index contributed by atoms with van der Waals surface area (Å²) in [5.41, 5.74) is 0. The molecule has 0 bridgehead atoms. The average molecular weight is 569 g/mol. The highest BCUT2D eigenvalue weighted by Gasteiger charge is 2.02. The number of nitrogens with zero attached hydrogens (tertiary/aromatic N) is 1. The van der Waals surface area contributed by atoms with Crippen LogP contribution >= 0.6 is 0 Å². The fourth-order valence-electron chi connectivity index (χ4n) is 2.97. The summed E-state index contributed by atoms with van der Waals surface area (Å²) in [6, 6.07) is 0. The summed E-state index contributed by atoms with van der Waals surface area (Å²) in [5.74, 6) is -0.0192. The fourth-order valence-corrected chi connectivity index (χ4v) is 2.97. The second kappa shape index (κ2) is 32.8. The van der Waals surface area contributed by atoms with Gasteiger partial charge in [0, 0.05) is 26.1 Å². The molecule has 0 atom stereocenters. The Morgan fingerprint density at radius 2 is 1.05 bits per heavy atom. The predicted molar refractivity (Wildman–Crippen MR) is 144 cm³/mol. The van der Waals surface area contributed by atoms with E-state index in [1.54, 1.807) is 0 Å². The van der Waals surface area contributed by atoms with Crippen LogP contribution in [0.25, 0.3) is 0 Å². The highest BCUT2D eigenvalue weighted by Crippen LogP contribution is 2.01. The molecule has 0 saturated heterocycles. The summed E-state index contributed by atoms with van der Waals surface area (Å²) >= 11 is 0. The second-order valence-corrected chi connectivity index (χ2v) is 8.20. The smallest absolute Gasteiger partial charge is 0.220 e. The summed E-state index contributed by atoms with van der Waals surface area (Å²) in [6.07, 6.45) is 3.37. The van der Waals surface area contributed by atoms with Gasteiger partial charge in [0.2, 0.25) is 12.3 Å². The van der Waals surface area contributed by atoms with Gasteiger partial charge in [-0.3, -0.25) is 9.59 Å². The van der Waals surface area contributed by atoms with Crippen LogP contribution in [0.4, 0.5) is 0 Å². The Balaban J connectivity index is 3.15. The van der Waals surface area contributed by atoms with Gasteiger partial charge in [0.25, 0.3) is 0 Å². The number of carbonyl (C=O) groups excluding carboxylic acids is 2. The number of hydrogen-bond donors (Lipinski definition) is 2. The lowest BCUT2D eigenvalue weighted by atomic mass is 10.2. The van der Waals surface area contributed by atoms with Crippen molar-refractivity contribution in [3.63, 3.8) is 0 Å². The third-order valence-electron chi connectivity index (χ3n) is 5.06. The van der Waals surface area contributed by atoms with Gasteiger partial charge in [-0.25, -0.2) is 0 Å². The van der Waals surface area contributed by atoms with Gasteiger partial charge in [-0.2, -0.15) is 0 Å². The first kappa shape index (κ1) is 37.6. The number of rotatable bonds is 33. The molecule has 0 spiro atoms. The first-order valence-corrected chi connectivity index (χ1v) is 13.9. The van der Waals surface area contributed by atoms with Gasteiger partial charge in [0.15, 0.2) is 0 Å². The van der Waals surface area contributed by atoms with Crippen LogP contribution in [-0.4, -0.2) is 148 Å². The van der Waals surface area contributed by atoms with Gasteiger partial charge >= 0.3 is 0 Å². The zero-order valence-electron chi connectivity index (χ0n) is 23.8. The van der Waals surface area contributed by atoms with Crippen molar-refractivity contribution < 1.29 is 52.6 Å². The number of ether oxygens (including phenoxy) is 8. The molecule has 0 aromatic heterocycles. The standard InChI is InChI=1S/C26H52N2O11/c1-2-32-10-11-34-14-15-36-18-19-38-22-23-39-21-20-37-17-16-35-13-12-33-9-7-27-26(31)6-4-3-5-8-28(24-29)25-30/h24,30H,2-23,25H2,1H3,(H,27,31). The van der Waals surface area contributed by atoms with Crippen LogP contribution < -0.4 is 5.32 Å². The number of unbranched alkanes of at least 4 members (excludes halogenated alkanes) is 2. The Hall–Kier alpha value is -1.42. The molecule has 13 heteroatoms. The number of aliphatic hydroxyl groups is 1. The molecular weight excluding hydrogens is 516 g/mol. The summed E-state index contributed by atoms with van der Waals surface area (Å²) in [6.45, 7) is 11.0. The highest BCUT2D eigenvalue weighted by atomic mass is 16.6. The quantitative estimate of drug-likeness (QED) is 0.0638. The van der Waals surface area contributed by atoms with Gasteiger partial charge in [-0.1, -0.05) is 6.42 Å². The van der Waals surface area contributed by atoms with Crippen LogP contribution in [0, 0.1) is 0 Å². The molecule has 0 aromatic carbocycles. The van der Waals surface area contributed by atoms with Crippen molar-refractivity contribution in [2.75, 3.05) is 126 Å². The molecule has 0 radical (unpaired) electrons. The number of carbonyl (C=O) groups is 2. The zero-order valence-corrected chi connectivity index (χ0v) is 23.8. The maximum Gasteiger partial charge on any atom is 0.220 e. The number of amides is 2. The number of aliphatic hydroxyl groups excluding tert-OH is 1. The lowest BCUT2D eigenvalue weighted by Gasteiger charge is -2.12. The summed E-state index contributed by atoms with van der Waals surface area (Å²) in [5, 5.41) is 11.7. The molecule has 0 aliphatic heterocycles. The third kappa shape index (κ3) is 31.0. The topological polar surface area (TPSA) is 143 Å². The van der Waals surface area contributed by atoms with Gasteiger partial charge in [-0.05, 0) is 19.8 Å². The van der Waals surface area contributed by atoms with E-state index >= 15 is 0 Å². The van der Waals surface area contributed by atoms with E-state index in [9.17, 15) is 9.59 Å². The molecule has 0 aliphatic rings. The van der Waals surface area contributed by atoms with Crippen molar-refractivity contribution in [3.8, 4) is 0 Å². The third-order valence-corrected chi connectivity index (χ3v) is 5.06. The van der Waals surface area contributed by atoms with Gasteiger partial charge in [0.05, 0.1) is 99.1 Å². The summed E-state index contributed by atoms with van der Waals surface area (Å²) < 4.78 is 43.1. The molecular formula is C26H52N2O11. The van der Waals surface area contributed by atoms with Gasteiger partial charge in [0.1, 0.15) is 6.73 Å². The maximum atomic E-state index is 11.7. The number of nitrogens with one attached hydrogen (secondary N) is 1.